The lowest BCUT2D eigenvalue weighted by molar-refractivity contribution is 0.267. The number of allylic oxidation sites excluding steroid dienone is 1. The number of nitrogens with zero attached hydrogens (tertiary/aromatic N) is 1. The summed E-state index contributed by atoms with van der Waals surface area (Å²) in [4.78, 5) is 0. The Kier molecular flexibility index (Phi) is 7.35. The molecule has 0 fully saturated rings. The summed E-state index contributed by atoms with van der Waals surface area (Å²) < 4.78 is 12.6. The molecule has 0 aliphatic heterocycles. The smallest absolute Gasteiger partial charge is 0.175 e. The summed E-state index contributed by atoms with van der Waals surface area (Å²) in [7, 11) is 0. The minimum absolute atomic E-state index is 0.320. The van der Waals surface area contributed by atoms with E-state index in [4.69, 9.17) is 21.1 Å². The lowest BCUT2D eigenvalue weighted by Gasteiger charge is -2.15. The zero-order chi connectivity index (χ0) is 20.6. The monoisotopic (exact) mass is 467 g/mol. The third-order valence-electron chi connectivity index (χ3n) is 4.18. The molecule has 3 aromatic carbocycles. The molecular weight excluding hydrogens is 450 g/mol. The summed E-state index contributed by atoms with van der Waals surface area (Å²) in [5.74, 6) is 1.20. The fourth-order valence-electron chi connectivity index (χ4n) is 2.80. The Bertz CT molecular complexity index is 1060. The molecule has 3 aromatic rings. The highest BCUT2D eigenvalue weighted by molar-refractivity contribution is 9.10. The van der Waals surface area contributed by atoms with Crippen LogP contribution in [0.15, 0.2) is 71.2 Å². The first kappa shape index (κ1) is 21.0. The normalized spacial score (nSPS) is 11.0. The number of rotatable bonds is 7. The molecule has 0 atom stereocenters. The summed E-state index contributed by atoms with van der Waals surface area (Å²) in [5, 5.41) is 10.2. The van der Waals surface area contributed by atoms with Gasteiger partial charge in [0.2, 0.25) is 0 Å². The molecule has 5 heteroatoms. The van der Waals surface area contributed by atoms with Crippen LogP contribution in [-0.2, 0) is 6.61 Å². The molecule has 3 nitrogen and oxygen atoms in total. The predicted octanol–water partition coefficient (Wildman–Crippen LogP) is 7.14. The van der Waals surface area contributed by atoms with Crippen LogP contribution in [0.25, 0.3) is 11.6 Å². The Morgan fingerprint density at radius 1 is 1.07 bits per heavy atom. The van der Waals surface area contributed by atoms with Gasteiger partial charge >= 0.3 is 0 Å². The summed E-state index contributed by atoms with van der Waals surface area (Å²) in [6.45, 7) is 2.73. The van der Waals surface area contributed by atoms with Gasteiger partial charge in [0.25, 0.3) is 0 Å². The van der Waals surface area contributed by atoms with Gasteiger partial charge in [0.15, 0.2) is 11.5 Å². The van der Waals surface area contributed by atoms with Crippen molar-refractivity contribution in [1.29, 1.82) is 5.26 Å². The van der Waals surface area contributed by atoms with Crippen LogP contribution in [0.5, 0.6) is 11.5 Å². The molecule has 0 aliphatic rings. The van der Waals surface area contributed by atoms with Crippen molar-refractivity contribution in [2.75, 3.05) is 6.61 Å². The maximum atomic E-state index is 9.58. The van der Waals surface area contributed by atoms with Crippen molar-refractivity contribution in [3.63, 3.8) is 0 Å². The molecule has 0 aliphatic carbocycles. The molecule has 146 valence electrons. The number of halogens is 2. The molecule has 0 spiro atoms. The SMILES string of the molecule is CCOc1cc(C=C(C#N)c2ccccc2)cc(Br)c1OCc1ccccc1Cl. The molecule has 0 radical (unpaired) electrons. The second-order valence-electron chi connectivity index (χ2n) is 6.18. The highest BCUT2D eigenvalue weighted by atomic mass is 79.9. The summed E-state index contributed by atoms with van der Waals surface area (Å²) in [5.41, 5.74) is 3.17. The maximum absolute atomic E-state index is 9.58. The van der Waals surface area contributed by atoms with Crippen LogP contribution < -0.4 is 9.47 Å². The highest BCUT2D eigenvalue weighted by Crippen LogP contribution is 2.38. The van der Waals surface area contributed by atoms with E-state index < -0.39 is 0 Å². The van der Waals surface area contributed by atoms with Crippen LogP contribution in [0.1, 0.15) is 23.6 Å². The zero-order valence-electron chi connectivity index (χ0n) is 15.9. The van der Waals surface area contributed by atoms with E-state index in [9.17, 15) is 5.26 Å². The molecule has 0 heterocycles. The first-order chi connectivity index (χ1) is 14.1. The van der Waals surface area contributed by atoms with E-state index in [1.807, 2.05) is 79.7 Å². The Hall–Kier alpha value is -2.74. The summed E-state index contributed by atoms with van der Waals surface area (Å²) in [6, 6.07) is 23.2. The summed E-state index contributed by atoms with van der Waals surface area (Å²) in [6.07, 6.45) is 1.83. The van der Waals surface area contributed by atoms with E-state index in [2.05, 4.69) is 22.0 Å². The van der Waals surface area contributed by atoms with Crippen molar-refractivity contribution < 1.29 is 9.47 Å². The lowest BCUT2D eigenvalue weighted by atomic mass is 10.0. The third-order valence-corrected chi connectivity index (χ3v) is 5.14. The number of hydrogen-bond donors (Lipinski definition) is 0. The minimum Gasteiger partial charge on any atom is -0.490 e. The van der Waals surface area contributed by atoms with Crippen molar-refractivity contribution >= 4 is 39.2 Å². The molecule has 0 N–H and O–H groups in total. The van der Waals surface area contributed by atoms with Gasteiger partial charge in [0.05, 0.1) is 22.7 Å². The van der Waals surface area contributed by atoms with E-state index in [1.54, 1.807) is 0 Å². The first-order valence-electron chi connectivity index (χ1n) is 9.12. The molecule has 0 bridgehead atoms. The molecule has 0 amide bonds. The molecule has 0 saturated heterocycles. The van der Waals surface area contributed by atoms with Crippen molar-refractivity contribution in [3.8, 4) is 17.6 Å². The van der Waals surface area contributed by atoms with Gasteiger partial charge in [-0.3, -0.25) is 0 Å². The summed E-state index contributed by atoms with van der Waals surface area (Å²) >= 11 is 9.80. The maximum Gasteiger partial charge on any atom is 0.175 e. The van der Waals surface area contributed by atoms with Gasteiger partial charge in [0.1, 0.15) is 6.61 Å². The second-order valence-corrected chi connectivity index (χ2v) is 7.44. The Balaban J connectivity index is 1.93. The average molecular weight is 469 g/mol. The fourth-order valence-corrected chi connectivity index (χ4v) is 3.57. The van der Waals surface area contributed by atoms with Crippen LogP contribution >= 0.6 is 27.5 Å². The van der Waals surface area contributed by atoms with Gasteiger partial charge in [-0.25, -0.2) is 0 Å². The molecular formula is C24H19BrClNO2. The third kappa shape index (κ3) is 5.41. The Morgan fingerprint density at radius 2 is 1.79 bits per heavy atom. The standard InChI is InChI=1S/C24H19BrClNO2/c1-2-28-23-14-17(12-20(15-27)18-8-4-3-5-9-18)13-21(25)24(23)29-16-19-10-6-7-11-22(19)26/h3-14H,2,16H2,1H3. The molecule has 0 unspecified atom stereocenters. The van der Waals surface area contributed by atoms with E-state index >= 15 is 0 Å². The first-order valence-corrected chi connectivity index (χ1v) is 10.3. The molecule has 29 heavy (non-hydrogen) atoms. The quantitative estimate of drug-likeness (QED) is 0.273. The van der Waals surface area contributed by atoms with Crippen LogP contribution in [0.4, 0.5) is 0 Å². The van der Waals surface area contributed by atoms with Gasteiger partial charge in [-0.1, -0.05) is 60.1 Å². The number of nitriles is 1. The van der Waals surface area contributed by atoms with E-state index in [-0.39, 0.29) is 0 Å². The molecule has 3 rings (SSSR count). The van der Waals surface area contributed by atoms with Crippen molar-refractivity contribution in [2.45, 2.75) is 13.5 Å². The van der Waals surface area contributed by atoms with Gasteiger partial charge in [-0.05, 0) is 58.3 Å². The van der Waals surface area contributed by atoms with Crippen LogP contribution in [-0.4, -0.2) is 6.61 Å². The van der Waals surface area contributed by atoms with Gasteiger partial charge < -0.3 is 9.47 Å². The van der Waals surface area contributed by atoms with Crippen molar-refractivity contribution in [2.24, 2.45) is 0 Å². The zero-order valence-corrected chi connectivity index (χ0v) is 18.2. The van der Waals surface area contributed by atoms with Crippen molar-refractivity contribution in [3.05, 3.63) is 92.9 Å². The Labute approximate surface area is 184 Å². The lowest BCUT2D eigenvalue weighted by Crippen LogP contribution is -2.01. The van der Waals surface area contributed by atoms with Gasteiger partial charge in [-0.15, -0.1) is 0 Å². The number of hydrogen-bond acceptors (Lipinski definition) is 3. The van der Waals surface area contributed by atoms with Crippen molar-refractivity contribution in [1.82, 2.24) is 0 Å². The van der Waals surface area contributed by atoms with E-state index in [0.717, 1.165) is 21.2 Å². The van der Waals surface area contributed by atoms with Crippen LogP contribution in [0.3, 0.4) is 0 Å². The Morgan fingerprint density at radius 3 is 2.48 bits per heavy atom. The van der Waals surface area contributed by atoms with Gasteiger partial charge in [0, 0.05) is 10.6 Å². The fraction of sp³-hybridized carbons (Fsp3) is 0.125. The number of benzene rings is 3. The average Bonchev–Trinajstić information content (AvgIpc) is 2.73. The van der Waals surface area contributed by atoms with Crippen LogP contribution in [0.2, 0.25) is 5.02 Å². The topological polar surface area (TPSA) is 42.2 Å². The molecule has 0 aromatic heterocycles. The predicted molar refractivity (Wildman–Crippen MR) is 121 cm³/mol. The molecule has 0 saturated carbocycles. The van der Waals surface area contributed by atoms with Gasteiger partial charge in [-0.2, -0.15) is 5.26 Å². The van der Waals surface area contributed by atoms with Crippen LogP contribution in [0, 0.1) is 11.3 Å². The largest absolute Gasteiger partial charge is 0.490 e. The second kappa shape index (κ2) is 10.2. The minimum atomic E-state index is 0.320. The number of ether oxygens (including phenoxy) is 2. The highest BCUT2D eigenvalue weighted by Gasteiger charge is 2.13. The van der Waals surface area contributed by atoms with E-state index in [1.165, 1.54) is 0 Å². The van der Waals surface area contributed by atoms with E-state index in [0.29, 0.717) is 35.3 Å².